The smallest absolute Gasteiger partial charge is 0.338 e. The molecule has 8 heteroatoms. The van der Waals surface area contributed by atoms with Gasteiger partial charge in [0.15, 0.2) is 5.17 Å². The fraction of sp³-hybridized carbons (Fsp3) is 0.316. The van der Waals surface area contributed by atoms with Gasteiger partial charge in [0, 0.05) is 5.70 Å². The topological polar surface area (TPSA) is 88.4 Å². The number of carbonyl (C=O) groups is 2. The molecule has 2 aliphatic heterocycles. The van der Waals surface area contributed by atoms with E-state index in [9.17, 15) is 14.7 Å². The van der Waals surface area contributed by atoms with Crippen LogP contribution in [0.5, 0.6) is 5.75 Å². The number of nitrogens with zero attached hydrogens (tertiary/aromatic N) is 2. The lowest BCUT2D eigenvalue weighted by atomic mass is 9.93. The molecule has 0 bridgehead atoms. The number of aliphatic imine (C=N–C) groups is 1. The van der Waals surface area contributed by atoms with E-state index >= 15 is 0 Å². The van der Waals surface area contributed by atoms with Crippen LogP contribution in [0.1, 0.15) is 31.9 Å². The van der Waals surface area contributed by atoms with Crippen LogP contribution in [-0.2, 0) is 14.3 Å². The highest BCUT2D eigenvalue weighted by Crippen LogP contribution is 2.45. The van der Waals surface area contributed by atoms with Crippen LogP contribution in [0.2, 0.25) is 0 Å². The number of benzene rings is 1. The van der Waals surface area contributed by atoms with Crippen LogP contribution in [0.25, 0.3) is 0 Å². The predicted octanol–water partition coefficient (Wildman–Crippen LogP) is 3.31. The number of carbonyl (C=O) groups excluding carboxylic acids is 1. The number of thioether (sulfide) groups is 1. The molecule has 3 rings (SSSR count). The Morgan fingerprint density at radius 1 is 1.37 bits per heavy atom. The van der Waals surface area contributed by atoms with Crippen LogP contribution in [0, 0.1) is 0 Å². The number of rotatable bonds is 6. The summed E-state index contributed by atoms with van der Waals surface area (Å²) in [5.41, 5.74) is 2.33. The maximum Gasteiger partial charge on any atom is 0.338 e. The highest BCUT2D eigenvalue weighted by molar-refractivity contribution is 8.16. The van der Waals surface area contributed by atoms with Gasteiger partial charge in [-0.1, -0.05) is 23.9 Å². The van der Waals surface area contributed by atoms with Gasteiger partial charge in [-0.2, -0.15) is 0 Å². The highest BCUT2D eigenvalue weighted by Gasteiger charge is 2.41. The Hall–Kier alpha value is -2.74. The Labute approximate surface area is 161 Å². The molecule has 0 aromatic heterocycles. The summed E-state index contributed by atoms with van der Waals surface area (Å²) < 4.78 is 10.6. The Morgan fingerprint density at radius 3 is 2.81 bits per heavy atom. The molecule has 1 N–H and O–H groups in total. The summed E-state index contributed by atoms with van der Waals surface area (Å²) >= 11 is 1.35. The molecular formula is C19H20N2O5S. The summed E-state index contributed by atoms with van der Waals surface area (Å²) in [6.07, 6.45) is -0.165. The second kappa shape index (κ2) is 7.87. The van der Waals surface area contributed by atoms with Gasteiger partial charge in [0.2, 0.25) is 0 Å². The minimum atomic E-state index is -0.948. The first kappa shape index (κ1) is 19.0. The van der Waals surface area contributed by atoms with E-state index in [-0.39, 0.29) is 13.0 Å². The van der Waals surface area contributed by atoms with Crippen LogP contribution in [0.3, 0.4) is 0 Å². The maximum absolute atomic E-state index is 12.7. The van der Waals surface area contributed by atoms with Crippen molar-refractivity contribution in [3.8, 4) is 5.75 Å². The zero-order valence-electron chi connectivity index (χ0n) is 15.3. The van der Waals surface area contributed by atoms with E-state index in [1.807, 2.05) is 24.3 Å². The third-order valence-electron chi connectivity index (χ3n) is 4.24. The summed E-state index contributed by atoms with van der Waals surface area (Å²) in [7, 11) is 1.57. The summed E-state index contributed by atoms with van der Waals surface area (Å²) in [6, 6.07) is 6.83. The molecule has 7 nitrogen and oxygen atoms in total. The number of aliphatic carboxylic acids is 1. The third kappa shape index (κ3) is 3.71. The number of ether oxygens (including phenoxy) is 2. The van der Waals surface area contributed by atoms with Gasteiger partial charge in [0.05, 0.1) is 37.4 Å². The van der Waals surface area contributed by atoms with Gasteiger partial charge >= 0.3 is 11.9 Å². The van der Waals surface area contributed by atoms with Gasteiger partial charge in [0.25, 0.3) is 0 Å². The van der Waals surface area contributed by atoms with Crippen molar-refractivity contribution in [1.29, 1.82) is 0 Å². The molecule has 2 heterocycles. The first-order chi connectivity index (χ1) is 13.0. The van der Waals surface area contributed by atoms with Crippen molar-refractivity contribution in [1.82, 2.24) is 4.90 Å². The molecule has 0 radical (unpaired) electrons. The molecule has 27 heavy (non-hydrogen) atoms. The van der Waals surface area contributed by atoms with Gasteiger partial charge in [-0.3, -0.25) is 4.79 Å². The van der Waals surface area contributed by atoms with E-state index in [0.29, 0.717) is 27.9 Å². The van der Waals surface area contributed by atoms with Crippen LogP contribution in [0.4, 0.5) is 0 Å². The van der Waals surface area contributed by atoms with Crippen LogP contribution in [-0.4, -0.2) is 40.8 Å². The zero-order valence-corrected chi connectivity index (χ0v) is 16.1. The molecular weight excluding hydrogens is 368 g/mol. The first-order valence-electron chi connectivity index (χ1n) is 8.43. The first-order valence-corrected chi connectivity index (χ1v) is 9.31. The van der Waals surface area contributed by atoms with Crippen molar-refractivity contribution in [3.63, 3.8) is 0 Å². The molecule has 0 amide bonds. The predicted molar refractivity (Wildman–Crippen MR) is 102 cm³/mol. The lowest BCUT2D eigenvalue weighted by Crippen LogP contribution is -2.37. The van der Waals surface area contributed by atoms with E-state index in [0.717, 1.165) is 5.56 Å². The van der Waals surface area contributed by atoms with Gasteiger partial charge in [-0.05, 0) is 37.0 Å². The largest absolute Gasteiger partial charge is 0.497 e. The number of hydrogen-bond donors (Lipinski definition) is 1. The number of methoxy groups -OCH3 is 1. The molecule has 1 aromatic carbocycles. The molecule has 142 valence electrons. The Bertz CT molecular complexity index is 875. The van der Waals surface area contributed by atoms with Gasteiger partial charge in [0.1, 0.15) is 5.75 Å². The van der Waals surface area contributed by atoms with E-state index in [2.05, 4.69) is 4.99 Å². The summed E-state index contributed by atoms with van der Waals surface area (Å²) in [5, 5.41) is 11.7. The summed E-state index contributed by atoms with van der Waals surface area (Å²) in [4.78, 5) is 30.3. The van der Waals surface area contributed by atoms with Crippen molar-refractivity contribution >= 4 is 28.9 Å². The fourth-order valence-electron chi connectivity index (χ4n) is 3.12. The van der Waals surface area contributed by atoms with E-state index in [4.69, 9.17) is 9.47 Å². The quantitative estimate of drug-likeness (QED) is 0.748. The molecule has 0 saturated heterocycles. The monoisotopic (exact) mass is 388 g/mol. The Kier molecular flexibility index (Phi) is 5.55. The summed E-state index contributed by atoms with van der Waals surface area (Å²) in [5.74, 6) is -0.762. The van der Waals surface area contributed by atoms with Crippen LogP contribution >= 0.6 is 11.8 Å². The van der Waals surface area contributed by atoms with Gasteiger partial charge < -0.3 is 19.5 Å². The van der Waals surface area contributed by atoms with Crippen LogP contribution in [0.15, 0.2) is 51.6 Å². The molecule has 0 fully saturated rings. The maximum atomic E-state index is 12.7. The lowest BCUT2D eigenvalue weighted by molar-refractivity contribution is -0.139. The molecule has 0 saturated carbocycles. The number of esters is 1. The molecule has 0 aliphatic carbocycles. The number of allylic oxidation sites excluding steroid dienone is 1. The fourth-order valence-corrected chi connectivity index (χ4v) is 4.09. The van der Waals surface area contributed by atoms with Crippen molar-refractivity contribution in [2.24, 2.45) is 4.99 Å². The number of fused-ring (bicyclic) bond motifs is 1. The molecule has 0 spiro atoms. The zero-order chi connectivity index (χ0) is 19.6. The number of carboxylic acids is 1. The molecule has 1 atom stereocenters. The second-order valence-corrected chi connectivity index (χ2v) is 6.80. The Balaban J connectivity index is 2.13. The lowest BCUT2D eigenvalue weighted by Gasteiger charge is -2.36. The molecule has 1 aromatic rings. The van der Waals surface area contributed by atoms with Crippen molar-refractivity contribution in [3.05, 3.63) is 52.2 Å². The number of amidine groups is 1. The molecule has 1 unspecified atom stereocenters. The van der Waals surface area contributed by atoms with E-state index < -0.39 is 18.0 Å². The minimum Gasteiger partial charge on any atom is -0.497 e. The van der Waals surface area contributed by atoms with E-state index in [1.54, 1.807) is 31.3 Å². The standard InChI is InChI=1S/C19H20N2O5S/c1-4-26-18(24)16-11(2)20-19-21(13(10-27-19)9-15(22)23)17(16)12-6-5-7-14(8-12)25-3/h5-8,10,17H,4,9H2,1-3H3,(H,22,23). The summed E-state index contributed by atoms with van der Waals surface area (Å²) in [6.45, 7) is 3.75. The third-order valence-corrected chi connectivity index (χ3v) is 5.13. The number of carboxylic acid groups (broad SMARTS) is 1. The second-order valence-electron chi connectivity index (χ2n) is 5.96. The van der Waals surface area contributed by atoms with Crippen molar-refractivity contribution in [2.75, 3.05) is 13.7 Å². The SMILES string of the molecule is CCOC(=O)C1=C(C)N=C2SC=C(CC(=O)O)N2C1c1cccc(OC)c1. The normalized spacial score (nSPS) is 18.6. The molecule has 2 aliphatic rings. The van der Waals surface area contributed by atoms with E-state index in [1.165, 1.54) is 11.8 Å². The van der Waals surface area contributed by atoms with Gasteiger partial charge in [-0.15, -0.1) is 0 Å². The van der Waals surface area contributed by atoms with Gasteiger partial charge in [-0.25, -0.2) is 9.79 Å². The van der Waals surface area contributed by atoms with Crippen LogP contribution < -0.4 is 4.74 Å². The van der Waals surface area contributed by atoms with Crippen molar-refractivity contribution in [2.45, 2.75) is 26.3 Å². The average Bonchev–Trinajstić information content (AvgIpc) is 3.02. The number of hydrogen-bond acceptors (Lipinski definition) is 7. The minimum absolute atomic E-state index is 0.165. The van der Waals surface area contributed by atoms with Crippen molar-refractivity contribution < 1.29 is 24.2 Å². The Morgan fingerprint density at radius 2 is 2.15 bits per heavy atom. The highest BCUT2D eigenvalue weighted by atomic mass is 32.2. The average molecular weight is 388 g/mol.